The Hall–Kier alpha value is 0. The molecule has 4 aliphatic carbocycles. The van der Waals surface area contributed by atoms with Crippen molar-refractivity contribution in [3.63, 3.8) is 0 Å². The fourth-order valence-electron chi connectivity index (χ4n) is 3.74. The van der Waals surface area contributed by atoms with E-state index in [0.29, 0.717) is 0 Å². The van der Waals surface area contributed by atoms with Gasteiger partial charge in [-0.15, -0.1) is 0 Å². The van der Waals surface area contributed by atoms with Gasteiger partial charge in [-0.05, 0) is 54.8 Å². The highest BCUT2D eigenvalue weighted by molar-refractivity contribution is 5.31. The van der Waals surface area contributed by atoms with Crippen LogP contribution in [0.3, 0.4) is 0 Å². The molecule has 4 fully saturated rings. The molecule has 1 unspecified atom stereocenters. The van der Waals surface area contributed by atoms with Gasteiger partial charge in [-0.25, -0.2) is 0 Å². The van der Waals surface area contributed by atoms with Crippen LogP contribution in [0.4, 0.5) is 0 Å². The van der Waals surface area contributed by atoms with Crippen molar-refractivity contribution < 1.29 is 0 Å². The summed E-state index contributed by atoms with van der Waals surface area (Å²) in [6.45, 7) is 0. The molecule has 0 heteroatoms. The van der Waals surface area contributed by atoms with Crippen LogP contribution in [0, 0.1) is 29.1 Å². The number of hydrogen-bond donors (Lipinski definition) is 0. The van der Waals surface area contributed by atoms with Crippen LogP contribution in [0.2, 0.25) is 0 Å². The van der Waals surface area contributed by atoms with Crippen molar-refractivity contribution >= 4 is 0 Å². The number of hydrogen-bond acceptors (Lipinski definition) is 0. The van der Waals surface area contributed by atoms with Crippen LogP contribution < -0.4 is 0 Å². The molecule has 0 nitrogen and oxygen atoms in total. The van der Waals surface area contributed by atoms with Gasteiger partial charge in [0.15, 0.2) is 0 Å². The molecule has 0 aromatic carbocycles. The van der Waals surface area contributed by atoms with E-state index in [1.807, 2.05) is 0 Å². The van der Waals surface area contributed by atoms with E-state index in [-0.39, 0.29) is 0 Å². The van der Waals surface area contributed by atoms with Crippen molar-refractivity contribution in [2.75, 3.05) is 0 Å². The largest absolute Gasteiger partial charge is 0.0496 e. The minimum atomic E-state index is 1.03. The van der Waals surface area contributed by atoms with Gasteiger partial charge < -0.3 is 0 Å². The summed E-state index contributed by atoms with van der Waals surface area (Å²) in [5.74, 6) is 5.05. The Balaban J connectivity index is 1.81. The van der Waals surface area contributed by atoms with E-state index >= 15 is 0 Å². The summed E-state index contributed by atoms with van der Waals surface area (Å²) < 4.78 is 0. The van der Waals surface area contributed by atoms with Gasteiger partial charge in [0.1, 0.15) is 0 Å². The highest BCUT2D eigenvalue weighted by Crippen LogP contribution is 2.90. The smallest absolute Gasteiger partial charge is 0.0229 e. The van der Waals surface area contributed by atoms with E-state index in [1.165, 1.54) is 23.7 Å². The van der Waals surface area contributed by atoms with Crippen LogP contribution in [0.15, 0.2) is 0 Å². The Bertz CT molecular complexity index is 196. The van der Waals surface area contributed by atoms with Crippen molar-refractivity contribution in [3.8, 4) is 0 Å². The zero-order valence-electron chi connectivity index (χ0n) is 5.64. The lowest BCUT2D eigenvalue weighted by Crippen LogP contribution is -2.08. The van der Waals surface area contributed by atoms with Crippen molar-refractivity contribution in [1.82, 2.24) is 0 Å². The van der Waals surface area contributed by atoms with E-state index in [9.17, 15) is 0 Å². The van der Waals surface area contributed by atoms with Crippen LogP contribution in [0.5, 0.6) is 0 Å². The third-order valence-electron chi connectivity index (χ3n) is 4.59. The van der Waals surface area contributed by atoms with Crippen molar-refractivity contribution in [2.45, 2.75) is 25.7 Å². The lowest BCUT2D eigenvalue weighted by Gasteiger charge is -2.15. The van der Waals surface area contributed by atoms with E-state index in [0.717, 1.165) is 5.41 Å². The quantitative estimate of drug-likeness (QED) is 0.459. The summed E-state index contributed by atoms with van der Waals surface area (Å²) in [5.41, 5.74) is 1.03. The van der Waals surface area contributed by atoms with Crippen LogP contribution in [0.25, 0.3) is 0 Å². The maximum atomic E-state index is 1.64. The molecule has 0 saturated heterocycles. The lowest BCUT2D eigenvalue weighted by molar-refractivity contribution is 0.335. The molecule has 0 radical (unpaired) electrons. The molecule has 0 aliphatic heterocycles. The summed E-state index contributed by atoms with van der Waals surface area (Å²) in [5, 5.41) is 0. The summed E-state index contributed by atoms with van der Waals surface area (Å²) in [7, 11) is 0. The third-order valence-corrected chi connectivity index (χ3v) is 4.59. The first kappa shape index (κ1) is 4.00. The van der Waals surface area contributed by atoms with Crippen molar-refractivity contribution in [3.05, 3.63) is 0 Å². The standard InChI is InChI=1S/C9H12/c1-2-9-4-7(9)8(9)6-3-5(1)6/h5-8H,1-4H2/t5-,6+,7+,8+,9?/m0/s1. The van der Waals surface area contributed by atoms with Gasteiger partial charge in [0, 0.05) is 0 Å². The molecule has 9 heavy (non-hydrogen) atoms. The van der Waals surface area contributed by atoms with Gasteiger partial charge >= 0.3 is 0 Å². The summed E-state index contributed by atoms with van der Waals surface area (Å²) >= 11 is 0. The van der Waals surface area contributed by atoms with Gasteiger partial charge in [-0.3, -0.25) is 0 Å². The average Bonchev–Trinajstić information content (AvgIpc) is 2.55. The molecule has 0 amide bonds. The van der Waals surface area contributed by atoms with Crippen LogP contribution >= 0.6 is 0 Å². The summed E-state index contributed by atoms with van der Waals surface area (Å²) in [6.07, 6.45) is 6.50. The molecular formula is C9H12. The molecule has 0 aromatic rings. The minimum absolute atomic E-state index is 1.03. The molecule has 1 spiro atoms. The highest BCUT2D eigenvalue weighted by atomic mass is 14.9. The molecule has 0 N–H and O–H groups in total. The van der Waals surface area contributed by atoms with Gasteiger partial charge in [0.25, 0.3) is 0 Å². The predicted molar refractivity (Wildman–Crippen MR) is 34.9 cm³/mol. The first-order valence-electron chi connectivity index (χ1n) is 4.42. The number of rotatable bonds is 0. The first-order valence-corrected chi connectivity index (χ1v) is 4.42. The predicted octanol–water partition coefficient (Wildman–Crippen LogP) is 2.05. The molecule has 48 valence electrons. The van der Waals surface area contributed by atoms with E-state index in [2.05, 4.69) is 0 Å². The van der Waals surface area contributed by atoms with Gasteiger partial charge in [0.05, 0.1) is 0 Å². The highest BCUT2D eigenvalue weighted by Gasteiger charge is 2.83. The fourth-order valence-corrected chi connectivity index (χ4v) is 3.74. The molecule has 0 aromatic heterocycles. The van der Waals surface area contributed by atoms with Crippen LogP contribution in [-0.4, -0.2) is 0 Å². The molecular weight excluding hydrogens is 108 g/mol. The Morgan fingerprint density at radius 1 is 1.33 bits per heavy atom. The zero-order valence-corrected chi connectivity index (χ0v) is 5.64. The number of fused-ring (bicyclic) bond motifs is 3. The molecule has 4 rings (SSSR count). The Morgan fingerprint density at radius 3 is 3.11 bits per heavy atom. The van der Waals surface area contributed by atoms with Gasteiger partial charge in [0.2, 0.25) is 0 Å². The fraction of sp³-hybridized carbons (Fsp3) is 1.00. The van der Waals surface area contributed by atoms with Crippen molar-refractivity contribution in [2.24, 2.45) is 29.1 Å². The van der Waals surface area contributed by atoms with Crippen molar-refractivity contribution in [1.29, 1.82) is 0 Å². The van der Waals surface area contributed by atoms with Crippen LogP contribution in [0.1, 0.15) is 25.7 Å². The summed E-state index contributed by atoms with van der Waals surface area (Å²) in [4.78, 5) is 0. The SMILES string of the molecule is C1CC23C[C@@H]2[C@H]3[C@@H]2C[C@H]12. The molecule has 0 heterocycles. The van der Waals surface area contributed by atoms with E-state index in [4.69, 9.17) is 0 Å². The molecule has 4 aliphatic rings. The first-order chi connectivity index (χ1) is 4.42. The second-order valence-electron chi connectivity index (χ2n) is 4.77. The normalized spacial score (nSPS) is 80.0. The minimum Gasteiger partial charge on any atom is -0.0496 e. The average molecular weight is 120 g/mol. The van der Waals surface area contributed by atoms with E-state index < -0.39 is 0 Å². The molecule has 5 atom stereocenters. The second kappa shape index (κ2) is 0.810. The lowest BCUT2D eigenvalue weighted by atomic mass is 9.89. The van der Waals surface area contributed by atoms with Gasteiger partial charge in [-0.2, -0.15) is 0 Å². The maximum Gasteiger partial charge on any atom is -0.0229 e. The second-order valence-corrected chi connectivity index (χ2v) is 4.77. The molecule has 0 bridgehead atoms. The molecule has 4 saturated carbocycles. The Kier molecular flexibility index (Phi) is 0.360. The Labute approximate surface area is 55.6 Å². The third kappa shape index (κ3) is 0.264. The zero-order chi connectivity index (χ0) is 5.64. The monoisotopic (exact) mass is 120 g/mol. The van der Waals surface area contributed by atoms with E-state index in [1.54, 1.807) is 25.7 Å². The Morgan fingerprint density at radius 2 is 2.33 bits per heavy atom. The van der Waals surface area contributed by atoms with Crippen LogP contribution in [-0.2, 0) is 0 Å². The van der Waals surface area contributed by atoms with Gasteiger partial charge in [-0.1, -0.05) is 0 Å². The topological polar surface area (TPSA) is 0 Å². The summed E-state index contributed by atoms with van der Waals surface area (Å²) in [6, 6.07) is 0. The maximum absolute atomic E-state index is 1.64.